The van der Waals surface area contributed by atoms with Crippen molar-refractivity contribution in [3.8, 4) is 0 Å². The van der Waals surface area contributed by atoms with Gasteiger partial charge in [0, 0.05) is 38.1 Å². The standard InChI is InChI=1S/C16H30N4O2S.HI/c1-16(2,3)14-20-13(12-23-14)11-19-15(17-4)18-7-6-8-22-10-9-21-5;/h12H,6-11H2,1-5H3,(H2,17,18,19);1H. The lowest BCUT2D eigenvalue weighted by atomic mass is 9.98. The van der Waals surface area contributed by atoms with E-state index in [4.69, 9.17) is 9.47 Å². The predicted octanol–water partition coefficient (Wildman–Crippen LogP) is 2.78. The zero-order valence-electron chi connectivity index (χ0n) is 15.3. The molecule has 0 aromatic carbocycles. The van der Waals surface area contributed by atoms with E-state index in [-0.39, 0.29) is 29.4 Å². The maximum absolute atomic E-state index is 5.42. The number of ether oxygens (including phenoxy) is 2. The highest BCUT2D eigenvalue weighted by molar-refractivity contribution is 14.0. The number of guanidine groups is 1. The van der Waals surface area contributed by atoms with Crippen LogP contribution in [0.15, 0.2) is 10.4 Å². The van der Waals surface area contributed by atoms with Gasteiger partial charge in [0.2, 0.25) is 0 Å². The second-order valence-corrected chi connectivity index (χ2v) is 7.06. The van der Waals surface area contributed by atoms with Crippen LogP contribution < -0.4 is 10.6 Å². The Balaban J connectivity index is 0.00000529. The largest absolute Gasteiger partial charge is 0.382 e. The number of thiazole rings is 1. The maximum atomic E-state index is 5.42. The quantitative estimate of drug-likeness (QED) is 0.252. The Morgan fingerprint density at radius 1 is 1.25 bits per heavy atom. The Morgan fingerprint density at radius 2 is 2.00 bits per heavy atom. The number of methoxy groups -OCH3 is 1. The molecule has 0 aliphatic rings. The van der Waals surface area contributed by atoms with Crippen LogP contribution >= 0.6 is 35.3 Å². The summed E-state index contributed by atoms with van der Waals surface area (Å²) in [5.41, 5.74) is 1.15. The van der Waals surface area contributed by atoms with Gasteiger partial charge in [-0.15, -0.1) is 35.3 Å². The summed E-state index contributed by atoms with van der Waals surface area (Å²) in [6.07, 6.45) is 0.926. The topological polar surface area (TPSA) is 67.8 Å². The van der Waals surface area contributed by atoms with E-state index in [1.807, 2.05) is 0 Å². The van der Waals surface area contributed by atoms with Crippen LogP contribution in [0.2, 0.25) is 0 Å². The molecule has 0 aliphatic carbocycles. The summed E-state index contributed by atoms with van der Waals surface area (Å²) in [4.78, 5) is 8.88. The maximum Gasteiger partial charge on any atom is 0.191 e. The minimum Gasteiger partial charge on any atom is -0.382 e. The van der Waals surface area contributed by atoms with Crippen molar-refractivity contribution >= 4 is 41.3 Å². The van der Waals surface area contributed by atoms with Gasteiger partial charge in [-0.1, -0.05) is 20.8 Å². The van der Waals surface area contributed by atoms with Crippen molar-refractivity contribution in [1.82, 2.24) is 15.6 Å². The second-order valence-electron chi connectivity index (χ2n) is 6.21. The molecule has 24 heavy (non-hydrogen) atoms. The Bertz CT molecular complexity index is 475. The van der Waals surface area contributed by atoms with Gasteiger partial charge in [-0.3, -0.25) is 4.99 Å². The first-order chi connectivity index (χ1) is 11.0. The lowest BCUT2D eigenvalue weighted by Crippen LogP contribution is -2.37. The monoisotopic (exact) mass is 470 g/mol. The third-order valence-electron chi connectivity index (χ3n) is 3.04. The summed E-state index contributed by atoms with van der Waals surface area (Å²) in [6, 6.07) is 0. The zero-order valence-corrected chi connectivity index (χ0v) is 18.5. The molecule has 1 aromatic heterocycles. The Hall–Kier alpha value is -0.450. The summed E-state index contributed by atoms with van der Waals surface area (Å²) in [6.45, 7) is 10.0. The molecular formula is C16H31IN4O2S. The van der Waals surface area contributed by atoms with Crippen LogP contribution in [0.4, 0.5) is 0 Å². The van der Waals surface area contributed by atoms with E-state index in [2.05, 4.69) is 46.8 Å². The van der Waals surface area contributed by atoms with Crippen LogP contribution in [0.5, 0.6) is 0 Å². The number of aliphatic imine (C=N–C) groups is 1. The van der Waals surface area contributed by atoms with E-state index >= 15 is 0 Å². The highest BCUT2D eigenvalue weighted by Crippen LogP contribution is 2.25. The van der Waals surface area contributed by atoms with E-state index in [1.54, 1.807) is 25.5 Å². The normalized spacial score (nSPS) is 12.0. The fourth-order valence-electron chi connectivity index (χ4n) is 1.75. The molecule has 1 heterocycles. The van der Waals surface area contributed by atoms with Gasteiger partial charge in [0.15, 0.2) is 5.96 Å². The minimum atomic E-state index is 0. The smallest absolute Gasteiger partial charge is 0.191 e. The van der Waals surface area contributed by atoms with E-state index in [0.717, 1.165) is 29.6 Å². The van der Waals surface area contributed by atoms with Gasteiger partial charge in [-0.05, 0) is 6.42 Å². The second kappa shape index (κ2) is 12.8. The highest BCUT2D eigenvalue weighted by atomic mass is 127. The number of nitrogens with zero attached hydrogens (tertiary/aromatic N) is 2. The lowest BCUT2D eigenvalue weighted by Gasteiger charge is -2.14. The number of halogens is 1. The van der Waals surface area contributed by atoms with Crippen molar-refractivity contribution in [3.63, 3.8) is 0 Å². The Labute approximate surface area is 166 Å². The lowest BCUT2D eigenvalue weighted by molar-refractivity contribution is 0.0698. The van der Waals surface area contributed by atoms with Crippen LogP contribution in [0.25, 0.3) is 0 Å². The summed E-state index contributed by atoms with van der Waals surface area (Å²) < 4.78 is 10.3. The van der Waals surface area contributed by atoms with Gasteiger partial charge in [0.05, 0.1) is 30.5 Å². The summed E-state index contributed by atoms with van der Waals surface area (Å²) in [7, 11) is 3.44. The van der Waals surface area contributed by atoms with Crippen LogP contribution in [0.1, 0.15) is 37.9 Å². The molecule has 0 aliphatic heterocycles. The van der Waals surface area contributed by atoms with Crippen molar-refractivity contribution in [3.05, 3.63) is 16.1 Å². The third-order valence-corrected chi connectivity index (χ3v) is 4.36. The number of rotatable bonds is 9. The SMILES string of the molecule is CN=C(NCCCOCCOC)NCc1csc(C(C)(C)C)n1.I. The number of nitrogens with one attached hydrogen (secondary N) is 2. The van der Waals surface area contributed by atoms with E-state index in [0.29, 0.717) is 26.4 Å². The fourth-order valence-corrected chi connectivity index (χ4v) is 2.66. The van der Waals surface area contributed by atoms with Crippen molar-refractivity contribution in [2.75, 3.05) is 40.5 Å². The van der Waals surface area contributed by atoms with E-state index < -0.39 is 0 Å². The van der Waals surface area contributed by atoms with Crippen LogP contribution in [0, 0.1) is 0 Å². The van der Waals surface area contributed by atoms with Gasteiger partial charge < -0.3 is 20.1 Å². The van der Waals surface area contributed by atoms with Gasteiger partial charge >= 0.3 is 0 Å². The molecule has 0 radical (unpaired) electrons. The number of aromatic nitrogens is 1. The molecule has 140 valence electrons. The van der Waals surface area contributed by atoms with Crippen molar-refractivity contribution in [2.24, 2.45) is 4.99 Å². The first kappa shape index (κ1) is 23.5. The van der Waals surface area contributed by atoms with Crippen LogP contribution in [-0.2, 0) is 21.4 Å². The summed E-state index contributed by atoms with van der Waals surface area (Å²) >= 11 is 1.71. The summed E-state index contributed by atoms with van der Waals surface area (Å²) in [5, 5.41) is 9.81. The average molecular weight is 470 g/mol. The van der Waals surface area contributed by atoms with Gasteiger partial charge in [-0.25, -0.2) is 4.98 Å². The molecule has 8 heteroatoms. The Morgan fingerprint density at radius 3 is 2.58 bits per heavy atom. The van der Waals surface area contributed by atoms with Crippen molar-refractivity contribution in [2.45, 2.75) is 39.2 Å². The van der Waals surface area contributed by atoms with E-state index in [9.17, 15) is 0 Å². The molecular weight excluding hydrogens is 439 g/mol. The van der Waals surface area contributed by atoms with E-state index in [1.165, 1.54) is 0 Å². The number of hydrogen-bond acceptors (Lipinski definition) is 5. The predicted molar refractivity (Wildman–Crippen MR) is 112 cm³/mol. The molecule has 6 nitrogen and oxygen atoms in total. The first-order valence-corrected chi connectivity index (χ1v) is 8.81. The molecule has 0 bridgehead atoms. The average Bonchev–Trinajstić information content (AvgIpc) is 2.98. The molecule has 0 fully saturated rings. The van der Waals surface area contributed by atoms with Crippen LogP contribution in [0.3, 0.4) is 0 Å². The third kappa shape index (κ3) is 9.75. The molecule has 0 saturated heterocycles. The molecule has 0 unspecified atom stereocenters. The molecule has 0 amide bonds. The van der Waals surface area contributed by atoms with Gasteiger partial charge in [0.25, 0.3) is 0 Å². The first-order valence-electron chi connectivity index (χ1n) is 7.93. The molecule has 0 saturated carbocycles. The fraction of sp³-hybridized carbons (Fsp3) is 0.750. The molecule has 1 rings (SSSR count). The van der Waals surface area contributed by atoms with Gasteiger partial charge in [-0.2, -0.15) is 0 Å². The molecule has 0 atom stereocenters. The summed E-state index contributed by atoms with van der Waals surface area (Å²) in [5.74, 6) is 0.784. The molecule has 0 spiro atoms. The molecule has 1 aromatic rings. The minimum absolute atomic E-state index is 0. The molecule has 2 N–H and O–H groups in total. The van der Waals surface area contributed by atoms with Crippen LogP contribution in [-0.4, -0.2) is 51.5 Å². The van der Waals surface area contributed by atoms with Crippen molar-refractivity contribution in [1.29, 1.82) is 0 Å². The Kier molecular flexibility index (Phi) is 12.6. The highest BCUT2D eigenvalue weighted by Gasteiger charge is 2.17. The number of hydrogen-bond donors (Lipinski definition) is 2. The van der Waals surface area contributed by atoms with Crippen molar-refractivity contribution < 1.29 is 9.47 Å². The zero-order chi connectivity index (χ0) is 17.1. The van der Waals surface area contributed by atoms with Gasteiger partial charge in [0.1, 0.15) is 0 Å².